The van der Waals surface area contributed by atoms with Crippen LogP contribution in [0.25, 0.3) is 0 Å². The summed E-state index contributed by atoms with van der Waals surface area (Å²) < 4.78 is 11.4. The van der Waals surface area contributed by atoms with Crippen molar-refractivity contribution in [2.24, 2.45) is 0 Å². The fraction of sp³-hybridized carbons (Fsp3) is 0.450. The van der Waals surface area contributed by atoms with Gasteiger partial charge in [-0.25, -0.2) is 0 Å². The number of methoxy groups -OCH3 is 1. The maximum absolute atomic E-state index is 5.94. The quantitative estimate of drug-likeness (QED) is 0.774. The first-order valence-electron chi connectivity index (χ1n) is 8.94. The molecule has 5 heteroatoms. The molecular formula is C20H27N3O2. The largest absolute Gasteiger partial charge is 0.495 e. The topological polar surface area (TPSA) is 37.8 Å². The van der Waals surface area contributed by atoms with Gasteiger partial charge in [0.25, 0.3) is 0 Å². The van der Waals surface area contributed by atoms with Crippen LogP contribution < -0.4 is 9.64 Å². The van der Waals surface area contributed by atoms with Crippen molar-refractivity contribution in [3.8, 4) is 5.75 Å². The SMILES string of the molecule is CCOC(CN1CCN(c2ccccc2OC)CC1)c1ccccn1. The van der Waals surface area contributed by atoms with Gasteiger partial charge >= 0.3 is 0 Å². The first kappa shape index (κ1) is 17.7. The van der Waals surface area contributed by atoms with E-state index in [2.05, 4.69) is 26.9 Å². The van der Waals surface area contributed by atoms with Crippen LogP contribution in [0.3, 0.4) is 0 Å². The third kappa shape index (κ3) is 4.50. The highest BCUT2D eigenvalue weighted by molar-refractivity contribution is 5.58. The molecule has 1 atom stereocenters. The van der Waals surface area contributed by atoms with E-state index in [9.17, 15) is 0 Å². The molecule has 1 unspecified atom stereocenters. The standard InChI is InChI=1S/C20H27N3O2/c1-3-25-20(17-8-6-7-11-21-17)16-22-12-14-23(15-13-22)18-9-4-5-10-19(18)24-2/h4-11,20H,3,12-16H2,1-2H3. The number of piperazine rings is 1. The van der Waals surface area contributed by atoms with Crippen molar-refractivity contribution in [2.75, 3.05) is 51.3 Å². The fourth-order valence-electron chi connectivity index (χ4n) is 3.30. The zero-order chi connectivity index (χ0) is 17.5. The first-order valence-corrected chi connectivity index (χ1v) is 8.94. The van der Waals surface area contributed by atoms with E-state index in [-0.39, 0.29) is 6.10 Å². The molecule has 0 bridgehead atoms. The monoisotopic (exact) mass is 341 g/mol. The maximum Gasteiger partial charge on any atom is 0.142 e. The molecule has 1 aliphatic rings. The van der Waals surface area contributed by atoms with Crippen LogP contribution in [0, 0.1) is 0 Å². The van der Waals surface area contributed by atoms with Crippen LogP contribution >= 0.6 is 0 Å². The molecule has 3 rings (SSSR count). The Hall–Kier alpha value is -2.11. The van der Waals surface area contributed by atoms with Crippen LogP contribution in [-0.2, 0) is 4.74 Å². The van der Waals surface area contributed by atoms with Crippen molar-refractivity contribution in [1.29, 1.82) is 0 Å². The Kier molecular flexibility index (Phi) is 6.25. The summed E-state index contributed by atoms with van der Waals surface area (Å²) in [4.78, 5) is 9.32. The minimum Gasteiger partial charge on any atom is -0.495 e. The van der Waals surface area contributed by atoms with Crippen molar-refractivity contribution in [3.05, 3.63) is 54.4 Å². The Morgan fingerprint density at radius 3 is 2.48 bits per heavy atom. The molecule has 0 amide bonds. The molecule has 1 aliphatic heterocycles. The molecule has 0 aliphatic carbocycles. The number of rotatable bonds is 7. The number of hydrogen-bond acceptors (Lipinski definition) is 5. The van der Waals surface area contributed by atoms with Crippen molar-refractivity contribution in [2.45, 2.75) is 13.0 Å². The van der Waals surface area contributed by atoms with Gasteiger partial charge in [-0.3, -0.25) is 9.88 Å². The number of ether oxygens (including phenoxy) is 2. The van der Waals surface area contributed by atoms with E-state index in [1.54, 1.807) is 7.11 Å². The summed E-state index contributed by atoms with van der Waals surface area (Å²) in [5.74, 6) is 0.941. The Balaban J connectivity index is 1.60. The molecule has 1 fully saturated rings. The lowest BCUT2D eigenvalue weighted by Gasteiger charge is -2.37. The molecule has 25 heavy (non-hydrogen) atoms. The molecule has 134 valence electrons. The summed E-state index contributed by atoms with van der Waals surface area (Å²) >= 11 is 0. The average molecular weight is 341 g/mol. The number of anilines is 1. The van der Waals surface area contributed by atoms with E-state index in [1.807, 2.05) is 43.5 Å². The van der Waals surface area contributed by atoms with Gasteiger partial charge in [0.1, 0.15) is 11.9 Å². The molecule has 0 spiro atoms. The lowest BCUT2D eigenvalue weighted by atomic mass is 10.2. The minimum atomic E-state index is 0.0315. The highest BCUT2D eigenvalue weighted by atomic mass is 16.5. The number of para-hydroxylation sites is 2. The third-order valence-electron chi connectivity index (χ3n) is 4.61. The van der Waals surface area contributed by atoms with Crippen molar-refractivity contribution >= 4 is 5.69 Å². The van der Waals surface area contributed by atoms with Crippen molar-refractivity contribution in [3.63, 3.8) is 0 Å². The first-order chi connectivity index (χ1) is 12.3. The molecule has 2 aromatic rings. The second-order valence-electron chi connectivity index (χ2n) is 6.16. The summed E-state index contributed by atoms with van der Waals surface area (Å²) in [7, 11) is 1.73. The average Bonchev–Trinajstić information content (AvgIpc) is 2.69. The lowest BCUT2D eigenvalue weighted by molar-refractivity contribution is 0.0284. The number of nitrogens with zero attached hydrogens (tertiary/aromatic N) is 3. The smallest absolute Gasteiger partial charge is 0.142 e. The Bertz CT molecular complexity index is 642. The molecule has 1 aromatic heterocycles. The van der Waals surface area contributed by atoms with Crippen LogP contribution in [0.4, 0.5) is 5.69 Å². The zero-order valence-electron chi connectivity index (χ0n) is 15.1. The summed E-state index contributed by atoms with van der Waals surface area (Å²) in [6.07, 6.45) is 1.87. The second-order valence-corrected chi connectivity index (χ2v) is 6.16. The molecule has 0 radical (unpaired) electrons. The van der Waals surface area contributed by atoms with Gasteiger partial charge in [0.2, 0.25) is 0 Å². The van der Waals surface area contributed by atoms with E-state index >= 15 is 0 Å². The summed E-state index contributed by atoms with van der Waals surface area (Å²) in [5.41, 5.74) is 2.19. The van der Waals surface area contributed by atoms with Gasteiger partial charge in [-0.1, -0.05) is 18.2 Å². The number of pyridine rings is 1. The normalized spacial score (nSPS) is 16.6. The maximum atomic E-state index is 5.94. The van der Waals surface area contributed by atoms with Crippen LogP contribution in [0.5, 0.6) is 5.75 Å². The molecule has 0 N–H and O–H groups in total. The molecule has 5 nitrogen and oxygen atoms in total. The highest BCUT2D eigenvalue weighted by Crippen LogP contribution is 2.28. The van der Waals surface area contributed by atoms with Gasteiger partial charge < -0.3 is 14.4 Å². The Morgan fingerprint density at radius 1 is 1.04 bits per heavy atom. The Labute approximate surface area is 150 Å². The van der Waals surface area contributed by atoms with Gasteiger partial charge in [-0.15, -0.1) is 0 Å². The van der Waals surface area contributed by atoms with Crippen LogP contribution in [0.15, 0.2) is 48.7 Å². The van der Waals surface area contributed by atoms with Crippen molar-refractivity contribution < 1.29 is 9.47 Å². The second kappa shape index (κ2) is 8.83. The number of aromatic nitrogens is 1. The van der Waals surface area contributed by atoms with E-state index in [0.29, 0.717) is 6.61 Å². The zero-order valence-corrected chi connectivity index (χ0v) is 15.1. The van der Waals surface area contributed by atoms with Gasteiger partial charge in [0, 0.05) is 45.5 Å². The van der Waals surface area contributed by atoms with E-state index in [1.165, 1.54) is 5.69 Å². The third-order valence-corrected chi connectivity index (χ3v) is 4.61. The Morgan fingerprint density at radius 2 is 1.80 bits per heavy atom. The van der Waals surface area contributed by atoms with Crippen LogP contribution in [0.2, 0.25) is 0 Å². The van der Waals surface area contributed by atoms with E-state index in [4.69, 9.17) is 9.47 Å². The summed E-state index contributed by atoms with van der Waals surface area (Å²) in [6, 6.07) is 14.2. The predicted octanol–water partition coefficient (Wildman–Crippen LogP) is 2.99. The van der Waals surface area contributed by atoms with Crippen LogP contribution in [0.1, 0.15) is 18.7 Å². The van der Waals surface area contributed by atoms with Crippen molar-refractivity contribution in [1.82, 2.24) is 9.88 Å². The highest BCUT2D eigenvalue weighted by Gasteiger charge is 2.23. The van der Waals surface area contributed by atoms with E-state index < -0.39 is 0 Å². The lowest BCUT2D eigenvalue weighted by Crippen LogP contribution is -2.47. The van der Waals surface area contributed by atoms with Gasteiger partial charge in [-0.05, 0) is 31.2 Å². The number of benzene rings is 1. The summed E-state index contributed by atoms with van der Waals surface area (Å²) in [5, 5.41) is 0. The van der Waals surface area contributed by atoms with Crippen LogP contribution in [-0.4, -0.2) is 56.3 Å². The molecule has 2 heterocycles. The minimum absolute atomic E-state index is 0.0315. The van der Waals surface area contributed by atoms with Gasteiger partial charge in [0.05, 0.1) is 18.5 Å². The number of hydrogen-bond donors (Lipinski definition) is 0. The van der Waals surface area contributed by atoms with E-state index in [0.717, 1.165) is 44.2 Å². The molecule has 0 saturated carbocycles. The predicted molar refractivity (Wildman–Crippen MR) is 100 cm³/mol. The summed E-state index contributed by atoms with van der Waals surface area (Å²) in [6.45, 7) is 7.61. The molecule has 1 aromatic carbocycles. The molecular weight excluding hydrogens is 314 g/mol. The van der Waals surface area contributed by atoms with Gasteiger partial charge in [-0.2, -0.15) is 0 Å². The molecule has 1 saturated heterocycles. The van der Waals surface area contributed by atoms with Gasteiger partial charge in [0.15, 0.2) is 0 Å². The fourth-order valence-corrected chi connectivity index (χ4v) is 3.30.